The van der Waals surface area contributed by atoms with Crippen LogP contribution in [0.25, 0.3) is 0 Å². The van der Waals surface area contributed by atoms with Crippen LogP contribution < -0.4 is 10.6 Å². The van der Waals surface area contributed by atoms with Crippen LogP contribution in [0.5, 0.6) is 0 Å². The van der Waals surface area contributed by atoms with Crippen LogP contribution in [0.1, 0.15) is 12.5 Å². The standard InChI is InChI=1S/C12H18N2O4S/c1-8(5-9-3-4-19-7-9)13-12(17)14-10(6-18-2)11(15)16/h3-4,7-8,10H,5-6H2,1-2H3,(H,15,16)(H2,13,14,17). The van der Waals surface area contributed by atoms with E-state index in [1.807, 2.05) is 23.8 Å². The topological polar surface area (TPSA) is 87.7 Å². The molecule has 7 heteroatoms. The monoisotopic (exact) mass is 286 g/mol. The van der Waals surface area contributed by atoms with E-state index in [1.54, 1.807) is 11.3 Å². The smallest absolute Gasteiger partial charge is 0.328 e. The first-order valence-corrected chi connectivity index (χ1v) is 6.77. The van der Waals surface area contributed by atoms with Gasteiger partial charge in [0.25, 0.3) is 0 Å². The van der Waals surface area contributed by atoms with Crippen LogP contribution in [0.3, 0.4) is 0 Å². The number of carboxylic acid groups (broad SMARTS) is 1. The first-order chi connectivity index (χ1) is 9.02. The van der Waals surface area contributed by atoms with Gasteiger partial charge in [-0.1, -0.05) is 0 Å². The second-order valence-corrected chi connectivity index (χ2v) is 4.98. The SMILES string of the molecule is COCC(NC(=O)NC(C)Cc1ccsc1)C(=O)O. The quantitative estimate of drug-likeness (QED) is 0.700. The van der Waals surface area contributed by atoms with Crippen LogP contribution in [0.2, 0.25) is 0 Å². The van der Waals surface area contributed by atoms with Gasteiger partial charge in [-0.25, -0.2) is 9.59 Å². The number of rotatable bonds is 7. The number of carbonyl (C=O) groups is 2. The maximum atomic E-state index is 11.6. The summed E-state index contributed by atoms with van der Waals surface area (Å²) in [5, 5.41) is 17.9. The number of urea groups is 1. The third kappa shape index (κ3) is 5.71. The first kappa shape index (κ1) is 15.5. The van der Waals surface area contributed by atoms with Gasteiger partial charge in [-0.2, -0.15) is 11.3 Å². The molecule has 1 heterocycles. The van der Waals surface area contributed by atoms with E-state index in [0.29, 0.717) is 6.42 Å². The van der Waals surface area contributed by atoms with Crippen LogP contribution >= 0.6 is 11.3 Å². The second kappa shape index (κ2) is 7.75. The highest BCUT2D eigenvalue weighted by atomic mass is 32.1. The number of thiophene rings is 1. The van der Waals surface area contributed by atoms with E-state index in [4.69, 9.17) is 9.84 Å². The second-order valence-electron chi connectivity index (χ2n) is 4.20. The number of carboxylic acids is 1. The fraction of sp³-hybridized carbons (Fsp3) is 0.500. The maximum absolute atomic E-state index is 11.6. The normalized spacial score (nSPS) is 13.6. The van der Waals surface area contributed by atoms with Crippen molar-refractivity contribution in [3.8, 4) is 0 Å². The average Bonchev–Trinajstić information content (AvgIpc) is 2.80. The molecule has 0 radical (unpaired) electrons. The number of carbonyl (C=O) groups excluding carboxylic acids is 1. The molecule has 0 spiro atoms. The molecular formula is C12H18N2O4S. The molecule has 1 aromatic heterocycles. The summed E-state index contributed by atoms with van der Waals surface area (Å²) < 4.78 is 4.73. The fourth-order valence-corrected chi connectivity index (χ4v) is 2.26. The summed E-state index contributed by atoms with van der Waals surface area (Å²) in [6.07, 6.45) is 0.707. The van der Waals surface area contributed by atoms with Crippen molar-refractivity contribution in [2.24, 2.45) is 0 Å². The molecule has 2 amide bonds. The van der Waals surface area contributed by atoms with Crippen molar-refractivity contribution < 1.29 is 19.4 Å². The highest BCUT2D eigenvalue weighted by Crippen LogP contribution is 2.08. The summed E-state index contributed by atoms with van der Waals surface area (Å²) in [7, 11) is 1.38. The highest BCUT2D eigenvalue weighted by Gasteiger charge is 2.20. The molecule has 3 N–H and O–H groups in total. The largest absolute Gasteiger partial charge is 0.480 e. The Kier molecular flexibility index (Phi) is 6.31. The number of hydrogen-bond acceptors (Lipinski definition) is 4. The molecule has 1 rings (SSSR count). The molecule has 19 heavy (non-hydrogen) atoms. The molecule has 0 bridgehead atoms. The van der Waals surface area contributed by atoms with Gasteiger partial charge in [0.05, 0.1) is 6.61 Å². The van der Waals surface area contributed by atoms with E-state index in [1.165, 1.54) is 7.11 Å². The van der Waals surface area contributed by atoms with E-state index >= 15 is 0 Å². The van der Waals surface area contributed by atoms with Gasteiger partial charge in [0.2, 0.25) is 0 Å². The number of nitrogens with one attached hydrogen (secondary N) is 2. The number of amides is 2. The molecule has 2 atom stereocenters. The lowest BCUT2D eigenvalue weighted by Crippen LogP contribution is -2.50. The van der Waals surface area contributed by atoms with Crippen LogP contribution in [-0.4, -0.2) is 42.9 Å². The Morgan fingerprint density at radius 3 is 2.74 bits per heavy atom. The Labute approximate surface area is 115 Å². The minimum absolute atomic E-state index is 0.0678. The summed E-state index contributed by atoms with van der Waals surface area (Å²) in [6, 6.07) is 0.364. The molecule has 106 valence electrons. The van der Waals surface area contributed by atoms with E-state index in [9.17, 15) is 9.59 Å². The average molecular weight is 286 g/mol. The lowest BCUT2D eigenvalue weighted by molar-refractivity contribution is -0.140. The molecule has 6 nitrogen and oxygen atoms in total. The zero-order valence-electron chi connectivity index (χ0n) is 10.9. The van der Waals surface area contributed by atoms with Crippen molar-refractivity contribution >= 4 is 23.3 Å². The number of aliphatic carboxylic acids is 1. The Balaban J connectivity index is 2.38. The van der Waals surface area contributed by atoms with Gasteiger partial charge < -0.3 is 20.5 Å². The molecule has 2 unspecified atom stereocenters. The summed E-state index contributed by atoms with van der Waals surface area (Å²) in [5.41, 5.74) is 1.14. The van der Waals surface area contributed by atoms with Crippen molar-refractivity contribution in [2.75, 3.05) is 13.7 Å². The molecule has 0 aliphatic rings. The Bertz CT molecular complexity index is 408. The van der Waals surface area contributed by atoms with Crippen molar-refractivity contribution in [1.82, 2.24) is 10.6 Å². The molecular weight excluding hydrogens is 268 g/mol. The lowest BCUT2D eigenvalue weighted by Gasteiger charge is -2.17. The zero-order chi connectivity index (χ0) is 14.3. The molecule has 0 fully saturated rings. The molecule has 0 saturated carbocycles. The minimum Gasteiger partial charge on any atom is -0.480 e. The molecule has 0 aliphatic heterocycles. The van der Waals surface area contributed by atoms with E-state index < -0.39 is 18.0 Å². The maximum Gasteiger partial charge on any atom is 0.328 e. The van der Waals surface area contributed by atoms with E-state index in [0.717, 1.165) is 5.56 Å². The van der Waals surface area contributed by atoms with Gasteiger partial charge in [0.1, 0.15) is 0 Å². The predicted molar refractivity (Wildman–Crippen MR) is 72.5 cm³/mol. The van der Waals surface area contributed by atoms with Crippen LogP contribution in [0.4, 0.5) is 4.79 Å². The Morgan fingerprint density at radius 1 is 1.47 bits per heavy atom. The lowest BCUT2D eigenvalue weighted by atomic mass is 10.1. The van der Waals surface area contributed by atoms with Crippen LogP contribution in [0, 0.1) is 0 Å². The van der Waals surface area contributed by atoms with Crippen molar-refractivity contribution in [1.29, 1.82) is 0 Å². The third-order valence-electron chi connectivity index (χ3n) is 2.44. The van der Waals surface area contributed by atoms with Gasteiger partial charge in [0.15, 0.2) is 6.04 Å². The summed E-state index contributed by atoms with van der Waals surface area (Å²) in [6.45, 7) is 1.80. The van der Waals surface area contributed by atoms with E-state index in [2.05, 4.69) is 10.6 Å². The van der Waals surface area contributed by atoms with Crippen molar-refractivity contribution in [3.63, 3.8) is 0 Å². The number of hydrogen-bond donors (Lipinski definition) is 3. The zero-order valence-corrected chi connectivity index (χ0v) is 11.7. The minimum atomic E-state index is -1.12. The fourth-order valence-electron chi connectivity index (χ4n) is 1.58. The van der Waals surface area contributed by atoms with Crippen LogP contribution in [-0.2, 0) is 16.0 Å². The van der Waals surface area contributed by atoms with Gasteiger partial charge >= 0.3 is 12.0 Å². The molecule has 0 aliphatic carbocycles. The van der Waals surface area contributed by atoms with Crippen molar-refractivity contribution in [2.45, 2.75) is 25.4 Å². The summed E-state index contributed by atoms with van der Waals surface area (Å²) in [4.78, 5) is 22.5. The predicted octanol–water partition coefficient (Wildman–Crippen LogP) is 1.08. The number of ether oxygens (including phenoxy) is 1. The third-order valence-corrected chi connectivity index (χ3v) is 3.17. The highest BCUT2D eigenvalue weighted by molar-refractivity contribution is 7.07. The first-order valence-electron chi connectivity index (χ1n) is 5.82. The van der Waals surface area contributed by atoms with Gasteiger partial charge in [-0.05, 0) is 35.7 Å². The van der Waals surface area contributed by atoms with Crippen molar-refractivity contribution in [3.05, 3.63) is 22.4 Å². The van der Waals surface area contributed by atoms with Gasteiger partial charge in [-0.15, -0.1) is 0 Å². The Hall–Kier alpha value is -1.60. The molecule has 0 saturated heterocycles. The van der Waals surface area contributed by atoms with Crippen LogP contribution in [0.15, 0.2) is 16.8 Å². The molecule has 0 aromatic carbocycles. The van der Waals surface area contributed by atoms with Gasteiger partial charge in [0, 0.05) is 13.2 Å². The molecule has 1 aromatic rings. The summed E-state index contributed by atoms with van der Waals surface area (Å²) >= 11 is 1.60. The summed E-state index contributed by atoms with van der Waals surface area (Å²) in [5.74, 6) is -1.12. The van der Waals surface area contributed by atoms with E-state index in [-0.39, 0.29) is 12.6 Å². The Morgan fingerprint density at radius 2 is 2.21 bits per heavy atom. The van der Waals surface area contributed by atoms with Gasteiger partial charge in [-0.3, -0.25) is 0 Å². The number of methoxy groups -OCH3 is 1.